The Morgan fingerprint density at radius 3 is 2.62 bits per heavy atom. The highest BCUT2D eigenvalue weighted by atomic mass is 16.2. The van der Waals surface area contributed by atoms with Crippen LogP contribution in [-0.4, -0.2) is 33.9 Å². The normalized spacial score (nSPS) is 16.2. The molecule has 166 valence electrons. The third-order valence-corrected chi connectivity index (χ3v) is 5.84. The molecule has 1 unspecified atom stereocenters. The fourth-order valence-corrected chi connectivity index (χ4v) is 3.89. The first kappa shape index (κ1) is 21.9. The lowest BCUT2D eigenvalue weighted by Gasteiger charge is -2.19. The molecule has 0 aliphatic carbocycles. The molecule has 7 nitrogen and oxygen atoms in total. The van der Waals surface area contributed by atoms with Gasteiger partial charge in [0.25, 0.3) is 11.5 Å². The van der Waals surface area contributed by atoms with Crippen molar-refractivity contribution >= 4 is 11.6 Å². The fourth-order valence-electron chi connectivity index (χ4n) is 3.89. The van der Waals surface area contributed by atoms with Crippen molar-refractivity contribution in [3.8, 4) is 11.3 Å². The Kier molecular flexibility index (Phi) is 6.19. The molecule has 1 aliphatic heterocycles. The molecule has 0 radical (unpaired) electrons. The van der Waals surface area contributed by atoms with Gasteiger partial charge in [0.1, 0.15) is 12.0 Å². The maximum atomic E-state index is 12.7. The minimum atomic E-state index is -0.361. The molecule has 4 rings (SSSR count). The summed E-state index contributed by atoms with van der Waals surface area (Å²) in [5.41, 5.74) is 3.87. The molecule has 1 atom stereocenters. The molecule has 1 aromatic carbocycles. The zero-order valence-corrected chi connectivity index (χ0v) is 18.7. The summed E-state index contributed by atoms with van der Waals surface area (Å²) in [4.78, 5) is 36.5. The summed E-state index contributed by atoms with van der Waals surface area (Å²) in [7, 11) is 0. The van der Waals surface area contributed by atoms with Crippen LogP contribution in [0.15, 0.2) is 53.7 Å². The van der Waals surface area contributed by atoms with Crippen LogP contribution in [0.5, 0.6) is 0 Å². The van der Waals surface area contributed by atoms with Crippen LogP contribution in [0.25, 0.3) is 11.3 Å². The first-order valence-corrected chi connectivity index (χ1v) is 11.0. The molecule has 32 heavy (non-hydrogen) atoms. The average Bonchev–Trinajstić information content (AvgIpc) is 3.28. The van der Waals surface area contributed by atoms with Crippen molar-refractivity contribution in [2.75, 3.05) is 18.4 Å². The maximum absolute atomic E-state index is 12.7. The van der Waals surface area contributed by atoms with E-state index in [0.717, 1.165) is 42.8 Å². The quantitative estimate of drug-likeness (QED) is 0.574. The van der Waals surface area contributed by atoms with E-state index in [4.69, 9.17) is 0 Å². The number of amides is 1. The number of benzene rings is 1. The Morgan fingerprint density at radius 2 is 1.94 bits per heavy atom. The standard InChI is InChI=1S/C25H29N5O2/c1-25(2,3)19-6-4-17(5-7-19)23(31)30-22-11-18(14-27-24(22)32)21-12-20(28-15-29-21)10-16-8-9-26-13-16/h4-7,11-12,14-16,26H,8-10,13H2,1-3H3,(H,27,32)(H,30,31). The van der Waals surface area contributed by atoms with E-state index in [2.05, 4.69) is 46.4 Å². The Labute approximate surface area is 187 Å². The average molecular weight is 432 g/mol. The molecular formula is C25H29N5O2. The fraction of sp³-hybridized carbons (Fsp3) is 0.360. The van der Waals surface area contributed by atoms with E-state index < -0.39 is 0 Å². The van der Waals surface area contributed by atoms with Crippen molar-refractivity contribution in [1.29, 1.82) is 0 Å². The number of nitrogens with zero attached hydrogens (tertiary/aromatic N) is 2. The number of hydrogen-bond donors (Lipinski definition) is 3. The Bertz CT molecular complexity index is 1160. The van der Waals surface area contributed by atoms with Gasteiger partial charge in [0.05, 0.1) is 5.69 Å². The molecule has 1 saturated heterocycles. The van der Waals surface area contributed by atoms with Gasteiger partial charge in [-0.2, -0.15) is 0 Å². The number of anilines is 1. The highest BCUT2D eigenvalue weighted by Crippen LogP contribution is 2.23. The van der Waals surface area contributed by atoms with Gasteiger partial charge in [-0.1, -0.05) is 32.9 Å². The van der Waals surface area contributed by atoms with Crippen molar-refractivity contribution in [2.45, 2.75) is 39.0 Å². The molecule has 3 aromatic rings. The summed E-state index contributed by atoms with van der Waals surface area (Å²) in [5, 5.41) is 6.11. The molecular weight excluding hydrogens is 402 g/mol. The van der Waals surface area contributed by atoms with Crippen LogP contribution >= 0.6 is 0 Å². The predicted octanol–water partition coefficient (Wildman–Crippen LogP) is 3.53. The molecule has 0 bridgehead atoms. The summed E-state index contributed by atoms with van der Waals surface area (Å²) in [6, 6.07) is 11.0. The molecule has 2 aromatic heterocycles. The van der Waals surface area contributed by atoms with Crippen molar-refractivity contribution in [1.82, 2.24) is 20.3 Å². The number of pyridine rings is 1. The third kappa shape index (κ3) is 5.11. The van der Waals surface area contributed by atoms with Crippen molar-refractivity contribution in [2.24, 2.45) is 5.92 Å². The Morgan fingerprint density at radius 1 is 1.16 bits per heavy atom. The van der Waals surface area contributed by atoms with E-state index in [0.29, 0.717) is 17.2 Å². The topological polar surface area (TPSA) is 99.8 Å². The molecule has 0 spiro atoms. The molecule has 3 N–H and O–H groups in total. The summed E-state index contributed by atoms with van der Waals surface area (Å²) >= 11 is 0. The van der Waals surface area contributed by atoms with Crippen LogP contribution in [0.3, 0.4) is 0 Å². The smallest absolute Gasteiger partial charge is 0.271 e. The highest BCUT2D eigenvalue weighted by Gasteiger charge is 2.17. The van der Waals surface area contributed by atoms with Crippen LogP contribution < -0.4 is 16.2 Å². The van der Waals surface area contributed by atoms with Gasteiger partial charge < -0.3 is 15.6 Å². The van der Waals surface area contributed by atoms with Crippen molar-refractivity contribution in [3.63, 3.8) is 0 Å². The van der Waals surface area contributed by atoms with Crippen molar-refractivity contribution < 1.29 is 4.79 Å². The van der Waals surface area contributed by atoms with Crippen LogP contribution in [0.2, 0.25) is 0 Å². The number of aromatic nitrogens is 3. The second-order valence-corrected chi connectivity index (χ2v) is 9.37. The van der Waals surface area contributed by atoms with Crippen molar-refractivity contribution in [3.05, 3.63) is 76.1 Å². The summed E-state index contributed by atoms with van der Waals surface area (Å²) in [6.07, 6.45) is 5.19. The van der Waals surface area contributed by atoms with E-state index in [1.807, 2.05) is 18.2 Å². The van der Waals surface area contributed by atoms with E-state index >= 15 is 0 Å². The van der Waals surface area contributed by atoms with Gasteiger partial charge >= 0.3 is 0 Å². The zero-order chi connectivity index (χ0) is 22.7. The minimum Gasteiger partial charge on any atom is -0.327 e. The lowest BCUT2D eigenvalue weighted by atomic mass is 9.87. The Hall–Kier alpha value is -3.32. The zero-order valence-electron chi connectivity index (χ0n) is 18.7. The number of rotatable bonds is 5. The van der Waals surface area contributed by atoms with Crippen LogP contribution in [-0.2, 0) is 11.8 Å². The van der Waals surface area contributed by atoms with Gasteiger partial charge in [-0.15, -0.1) is 0 Å². The summed E-state index contributed by atoms with van der Waals surface area (Å²) in [6.45, 7) is 8.42. The molecule has 3 heterocycles. The van der Waals surface area contributed by atoms with Crippen LogP contribution in [0, 0.1) is 5.92 Å². The lowest BCUT2D eigenvalue weighted by Crippen LogP contribution is -2.20. The van der Waals surface area contributed by atoms with Crippen LogP contribution in [0.4, 0.5) is 5.69 Å². The first-order chi connectivity index (χ1) is 15.3. The third-order valence-electron chi connectivity index (χ3n) is 5.84. The number of carbonyl (C=O) groups excluding carboxylic acids is 1. The number of carbonyl (C=O) groups is 1. The van der Waals surface area contributed by atoms with Gasteiger partial charge in [0.2, 0.25) is 0 Å². The van der Waals surface area contributed by atoms with E-state index in [9.17, 15) is 9.59 Å². The largest absolute Gasteiger partial charge is 0.327 e. The van der Waals surface area contributed by atoms with Crippen LogP contribution in [0.1, 0.15) is 48.8 Å². The number of hydrogen-bond acceptors (Lipinski definition) is 5. The minimum absolute atomic E-state index is 0.00511. The molecule has 1 amide bonds. The molecule has 1 fully saturated rings. The van der Waals surface area contributed by atoms with E-state index in [1.54, 1.807) is 30.7 Å². The second-order valence-electron chi connectivity index (χ2n) is 9.37. The first-order valence-electron chi connectivity index (χ1n) is 11.0. The highest BCUT2D eigenvalue weighted by molar-refractivity contribution is 6.04. The molecule has 1 aliphatic rings. The summed E-state index contributed by atoms with van der Waals surface area (Å²) in [5.74, 6) is 0.248. The predicted molar refractivity (Wildman–Crippen MR) is 126 cm³/mol. The lowest BCUT2D eigenvalue weighted by molar-refractivity contribution is 0.102. The van der Waals surface area contributed by atoms with Gasteiger partial charge in [-0.25, -0.2) is 9.97 Å². The van der Waals surface area contributed by atoms with Gasteiger partial charge in [0.15, 0.2) is 0 Å². The summed E-state index contributed by atoms with van der Waals surface area (Å²) < 4.78 is 0. The van der Waals surface area contributed by atoms with Gasteiger partial charge in [-0.3, -0.25) is 9.59 Å². The number of nitrogens with one attached hydrogen (secondary N) is 3. The second kappa shape index (κ2) is 9.04. The number of aromatic amines is 1. The van der Waals surface area contributed by atoms with Gasteiger partial charge in [-0.05, 0) is 67.1 Å². The van der Waals surface area contributed by atoms with E-state index in [-0.39, 0.29) is 22.6 Å². The monoisotopic (exact) mass is 431 g/mol. The molecule has 0 saturated carbocycles. The number of H-pyrrole nitrogens is 1. The van der Waals surface area contributed by atoms with E-state index in [1.165, 1.54) is 0 Å². The molecule has 7 heteroatoms. The Balaban J connectivity index is 1.53. The maximum Gasteiger partial charge on any atom is 0.271 e. The SMILES string of the molecule is CC(C)(C)c1ccc(C(=O)Nc2cc(-c3cc(CC4CCNC4)ncn3)c[nH]c2=O)cc1. The van der Waals surface area contributed by atoms with Gasteiger partial charge in [0, 0.05) is 23.0 Å².